The van der Waals surface area contributed by atoms with Crippen LogP contribution in [0.15, 0.2) is 48.8 Å². The lowest BCUT2D eigenvalue weighted by molar-refractivity contribution is 0.102. The number of thiazole rings is 1. The fourth-order valence-electron chi connectivity index (χ4n) is 2.03. The maximum atomic E-state index is 13.4. The van der Waals surface area contributed by atoms with E-state index in [0.29, 0.717) is 21.8 Å². The standard InChI is InChI=1S/C16H12FN3OS/c1-10-19-14(16(21)20-13-5-7-18-8-6-13)15(22-10)11-3-2-4-12(17)9-11/h2-9H,1H3,(H,18,20,21). The van der Waals surface area contributed by atoms with Crippen LogP contribution in [0.25, 0.3) is 10.4 Å². The van der Waals surface area contributed by atoms with Crippen molar-refractivity contribution in [3.63, 3.8) is 0 Å². The van der Waals surface area contributed by atoms with Gasteiger partial charge in [0.1, 0.15) is 11.5 Å². The molecule has 6 heteroatoms. The highest BCUT2D eigenvalue weighted by molar-refractivity contribution is 7.15. The molecule has 0 bridgehead atoms. The Bertz CT molecular complexity index is 817. The second-order valence-corrected chi connectivity index (χ2v) is 5.81. The summed E-state index contributed by atoms with van der Waals surface area (Å²) < 4.78 is 13.4. The number of nitrogens with one attached hydrogen (secondary N) is 1. The number of hydrogen-bond donors (Lipinski definition) is 1. The molecule has 0 unspecified atom stereocenters. The van der Waals surface area contributed by atoms with Crippen LogP contribution in [0.4, 0.5) is 10.1 Å². The van der Waals surface area contributed by atoms with E-state index in [1.807, 2.05) is 6.92 Å². The SMILES string of the molecule is Cc1nc(C(=O)Nc2ccncc2)c(-c2cccc(F)c2)s1. The fraction of sp³-hybridized carbons (Fsp3) is 0.0625. The zero-order valence-electron chi connectivity index (χ0n) is 11.7. The molecule has 4 nitrogen and oxygen atoms in total. The predicted octanol–water partition coefficient (Wildman–Crippen LogP) is 3.90. The van der Waals surface area contributed by atoms with Gasteiger partial charge >= 0.3 is 0 Å². The lowest BCUT2D eigenvalue weighted by Crippen LogP contribution is -2.13. The molecule has 2 heterocycles. The highest BCUT2D eigenvalue weighted by atomic mass is 32.1. The van der Waals surface area contributed by atoms with Gasteiger partial charge in [-0.05, 0) is 36.8 Å². The zero-order valence-corrected chi connectivity index (χ0v) is 12.5. The van der Waals surface area contributed by atoms with Gasteiger partial charge in [0.25, 0.3) is 5.91 Å². The van der Waals surface area contributed by atoms with Crippen molar-refractivity contribution < 1.29 is 9.18 Å². The third-order valence-electron chi connectivity index (χ3n) is 2.97. The van der Waals surface area contributed by atoms with Crippen LogP contribution in [-0.2, 0) is 0 Å². The predicted molar refractivity (Wildman–Crippen MR) is 84.4 cm³/mol. The molecule has 0 aliphatic heterocycles. The summed E-state index contributed by atoms with van der Waals surface area (Å²) in [5.41, 5.74) is 1.58. The number of pyridine rings is 1. The normalized spacial score (nSPS) is 10.5. The van der Waals surface area contributed by atoms with Gasteiger partial charge in [-0.2, -0.15) is 0 Å². The first-order valence-electron chi connectivity index (χ1n) is 6.58. The molecular formula is C16H12FN3OS. The number of aromatic nitrogens is 2. The van der Waals surface area contributed by atoms with Crippen molar-refractivity contribution in [1.29, 1.82) is 0 Å². The van der Waals surface area contributed by atoms with Crippen molar-refractivity contribution in [2.45, 2.75) is 6.92 Å². The Kier molecular flexibility index (Phi) is 3.93. The van der Waals surface area contributed by atoms with Crippen molar-refractivity contribution in [3.8, 4) is 10.4 Å². The van der Waals surface area contributed by atoms with E-state index >= 15 is 0 Å². The van der Waals surface area contributed by atoms with Crippen LogP contribution in [0.5, 0.6) is 0 Å². The van der Waals surface area contributed by atoms with E-state index in [9.17, 15) is 9.18 Å². The van der Waals surface area contributed by atoms with E-state index in [1.165, 1.54) is 23.5 Å². The molecule has 1 N–H and O–H groups in total. The molecule has 0 fully saturated rings. The number of benzene rings is 1. The van der Waals surface area contributed by atoms with Crippen molar-refractivity contribution in [1.82, 2.24) is 9.97 Å². The second-order valence-electron chi connectivity index (χ2n) is 4.61. The summed E-state index contributed by atoms with van der Waals surface area (Å²) in [6.45, 7) is 1.82. The van der Waals surface area contributed by atoms with Crippen LogP contribution in [0.2, 0.25) is 0 Å². The van der Waals surface area contributed by atoms with Crippen LogP contribution in [0.3, 0.4) is 0 Å². The number of anilines is 1. The lowest BCUT2D eigenvalue weighted by Gasteiger charge is -2.05. The van der Waals surface area contributed by atoms with Crippen molar-refractivity contribution in [2.24, 2.45) is 0 Å². The number of carbonyl (C=O) groups excluding carboxylic acids is 1. The van der Waals surface area contributed by atoms with E-state index in [0.717, 1.165) is 5.01 Å². The molecule has 22 heavy (non-hydrogen) atoms. The summed E-state index contributed by atoms with van der Waals surface area (Å²) in [5, 5.41) is 3.52. The van der Waals surface area contributed by atoms with Crippen LogP contribution in [-0.4, -0.2) is 15.9 Å². The average molecular weight is 313 g/mol. The van der Waals surface area contributed by atoms with Gasteiger partial charge in [-0.15, -0.1) is 11.3 Å². The van der Waals surface area contributed by atoms with Gasteiger partial charge in [-0.25, -0.2) is 9.37 Å². The Labute approximate surface area is 130 Å². The number of hydrogen-bond acceptors (Lipinski definition) is 4. The number of amides is 1. The molecule has 0 saturated carbocycles. The minimum absolute atomic E-state index is 0.296. The van der Waals surface area contributed by atoms with E-state index in [-0.39, 0.29) is 11.7 Å². The number of halogens is 1. The summed E-state index contributed by atoms with van der Waals surface area (Å²) in [4.78, 5) is 21.3. The summed E-state index contributed by atoms with van der Waals surface area (Å²) in [7, 11) is 0. The van der Waals surface area contributed by atoms with Crippen LogP contribution < -0.4 is 5.32 Å². The fourth-order valence-corrected chi connectivity index (χ4v) is 2.94. The molecule has 0 radical (unpaired) electrons. The Balaban J connectivity index is 1.96. The Morgan fingerprint density at radius 1 is 1.23 bits per heavy atom. The van der Waals surface area contributed by atoms with Gasteiger partial charge in [0.05, 0.1) is 9.88 Å². The Morgan fingerprint density at radius 3 is 2.73 bits per heavy atom. The maximum absolute atomic E-state index is 13.4. The van der Waals surface area contributed by atoms with Gasteiger partial charge in [0.2, 0.25) is 0 Å². The molecule has 1 aromatic carbocycles. The van der Waals surface area contributed by atoms with Crippen LogP contribution >= 0.6 is 11.3 Å². The third kappa shape index (κ3) is 3.01. The molecule has 0 saturated heterocycles. The topological polar surface area (TPSA) is 54.9 Å². The van der Waals surface area contributed by atoms with Crippen molar-refractivity contribution >= 4 is 22.9 Å². The van der Waals surface area contributed by atoms with Gasteiger partial charge in [-0.1, -0.05) is 12.1 Å². The summed E-state index contributed by atoms with van der Waals surface area (Å²) >= 11 is 1.36. The monoisotopic (exact) mass is 313 g/mol. The molecule has 2 aromatic heterocycles. The lowest BCUT2D eigenvalue weighted by atomic mass is 10.1. The first kappa shape index (κ1) is 14.3. The summed E-state index contributed by atoms with van der Waals surface area (Å²) in [6, 6.07) is 9.53. The minimum Gasteiger partial charge on any atom is -0.320 e. The molecule has 0 aliphatic rings. The molecule has 0 aliphatic carbocycles. The largest absolute Gasteiger partial charge is 0.320 e. The van der Waals surface area contributed by atoms with Crippen molar-refractivity contribution in [2.75, 3.05) is 5.32 Å². The molecule has 0 spiro atoms. The third-order valence-corrected chi connectivity index (χ3v) is 3.99. The molecule has 0 atom stereocenters. The molecule has 1 amide bonds. The summed E-state index contributed by atoms with van der Waals surface area (Å²) in [6.07, 6.45) is 3.19. The van der Waals surface area contributed by atoms with E-state index in [2.05, 4.69) is 15.3 Å². The Morgan fingerprint density at radius 2 is 2.00 bits per heavy atom. The van der Waals surface area contributed by atoms with Gasteiger partial charge < -0.3 is 5.32 Å². The first-order chi connectivity index (χ1) is 10.6. The van der Waals surface area contributed by atoms with E-state index in [4.69, 9.17) is 0 Å². The quantitative estimate of drug-likeness (QED) is 0.797. The van der Waals surface area contributed by atoms with E-state index < -0.39 is 0 Å². The number of carbonyl (C=O) groups is 1. The molecule has 3 aromatic rings. The molecule has 110 valence electrons. The maximum Gasteiger partial charge on any atom is 0.275 e. The highest BCUT2D eigenvalue weighted by Gasteiger charge is 2.18. The Hall–Kier alpha value is -2.60. The molecular weight excluding hydrogens is 301 g/mol. The van der Waals surface area contributed by atoms with Gasteiger partial charge in [0.15, 0.2) is 0 Å². The van der Waals surface area contributed by atoms with Crippen LogP contribution in [0, 0.1) is 12.7 Å². The van der Waals surface area contributed by atoms with Gasteiger partial charge in [0, 0.05) is 18.1 Å². The number of rotatable bonds is 3. The molecule has 3 rings (SSSR count). The smallest absolute Gasteiger partial charge is 0.275 e. The average Bonchev–Trinajstić information content (AvgIpc) is 2.90. The number of aryl methyl sites for hydroxylation is 1. The summed E-state index contributed by atoms with van der Waals surface area (Å²) in [5.74, 6) is -0.668. The minimum atomic E-state index is -0.343. The highest BCUT2D eigenvalue weighted by Crippen LogP contribution is 2.31. The number of nitrogens with zero attached hydrogens (tertiary/aromatic N) is 2. The van der Waals surface area contributed by atoms with Crippen LogP contribution in [0.1, 0.15) is 15.5 Å². The van der Waals surface area contributed by atoms with Crippen molar-refractivity contribution in [3.05, 3.63) is 65.3 Å². The zero-order chi connectivity index (χ0) is 15.5. The first-order valence-corrected chi connectivity index (χ1v) is 7.40. The second kappa shape index (κ2) is 6.03. The van der Waals surface area contributed by atoms with Gasteiger partial charge in [-0.3, -0.25) is 9.78 Å². The van der Waals surface area contributed by atoms with E-state index in [1.54, 1.807) is 36.7 Å².